The Hall–Kier alpha value is -3.09. The molecule has 1 aliphatic heterocycles. The van der Waals surface area contributed by atoms with E-state index in [1.54, 1.807) is 6.08 Å². The summed E-state index contributed by atoms with van der Waals surface area (Å²) in [6, 6.07) is 15.8. The monoisotopic (exact) mass is 434 g/mol. The number of halogens is 1. The smallest absolute Gasteiger partial charge is 0.248 e. The molecule has 150 valence electrons. The van der Waals surface area contributed by atoms with Crippen LogP contribution in [0.5, 0.6) is 0 Å². The third-order valence-corrected chi connectivity index (χ3v) is 6.52. The fourth-order valence-electron chi connectivity index (χ4n) is 3.70. The number of benzene rings is 1. The Bertz CT molecular complexity index is 1240. The van der Waals surface area contributed by atoms with Gasteiger partial charge in [0.25, 0.3) is 0 Å². The number of amides is 1. The van der Waals surface area contributed by atoms with Crippen molar-refractivity contribution in [1.82, 2.24) is 9.38 Å². The number of rotatable bonds is 4. The second kappa shape index (κ2) is 7.97. The molecule has 7 heteroatoms. The first kappa shape index (κ1) is 18.9. The number of carbonyl (C=O) groups excluding carboxylic acids is 1. The number of carbonyl (C=O) groups is 1. The average molecular weight is 435 g/mol. The van der Waals surface area contributed by atoms with Crippen LogP contribution in [0.3, 0.4) is 0 Å². The molecule has 0 bridgehead atoms. The fraction of sp³-hybridized carbons (Fsp3) is 0.130. The van der Waals surface area contributed by atoms with E-state index in [4.69, 9.17) is 11.6 Å². The molecule has 5 nitrogen and oxygen atoms in total. The van der Waals surface area contributed by atoms with Gasteiger partial charge in [-0.25, -0.2) is 4.98 Å². The van der Waals surface area contributed by atoms with E-state index in [0.717, 1.165) is 36.5 Å². The Morgan fingerprint density at radius 2 is 2.03 bits per heavy atom. The van der Waals surface area contributed by atoms with Crippen LogP contribution in [0.1, 0.15) is 16.1 Å². The van der Waals surface area contributed by atoms with Crippen LogP contribution in [0, 0.1) is 0 Å². The third kappa shape index (κ3) is 3.72. The molecule has 4 heterocycles. The van der Waals surface area contributed by atoms with Gasteiger partial charge in [-0.3, -0.25) is 9.20 Å². The average Bonchev–Trinajstić information content (AvgIpc) is 3.35. The Kier molecular flexibility index (Phi) is 5.02. The third-order valence-electron chi connectivity index (χ3n) is 5.22. The first-order valence-corrected chi connectivity index (χ1v) is 10.9. The number of thiophene rings is 1. The number of fused-ring (bicyclic) bond motifs is 2. The van der Waals surface area contributed by atoms with Gasteiger partial charge < -0.3 is 10.2 Å². The number of nitrogens with one attached hydrogen (secondary N) is 1. The Balaban J connectivity index is 1.25. The van der Waals surface area contributed by atoms with E-state index < -0.39 is 0 Å². The zero-order chi connectivity index (χ0) is 20.5. The van der Waals surface area contributed by atoms with Gasteiger partial charge in [-0.1, -0.05) is 17.7 Å². The summed E-state index contributed by atoms with van der Waals surface area (Å²) < 4.78 is 1.85. The molecule has 1 aromatic carbocycles. The molecule has 0 atom stereocenters. The Labute approximate surface area is 183 Å². The van der Waals surface area contributed by atoms with Crippen LogP contribution < -0.4 is 10.2 Å². The van der Waals surface area contributed by atoms with E-state index in [9.17, 15) is 4.79 Å². The summed E-state index contributed by atoms with van der Waals surface area (Å²) in [5, 5.41) is 5.43. The number of hydrogen-bond acceptors (Lipinski definition) is 4. The second-order valence-corrected chi connectivity index (χ2v) is 8.49. The van der Waals surface area contributed by atoms with Gasteiger partial charge in [0.1, 0.15) is 5.65 Å². The van der Waals surface area contributed by atoms with Crippen molar-refractivity contribution in [3.63, 3.8) is 0 Å². The van der Waals surface area contributed by atoms with Gasteiger partial charge in [-0.2, -0.15) is 0 Å². The zero-order valence-corrected chi connectivity index (χ0v) is 17.7. The zero-order valence-electron chi connectivity index (χ0n) is 16.1. The SMILES string of the molecule is O=C(/C=C/c1c(Cl)nc2ccccn12)Nc1ccc(N2CCc3sccc3C2)cc1. The lowest BCUT2D eigenvalue weighted by Crippen LogP contribution is -2.29. The van der Waals surface area contributed by atoms with Gasteiger partial charge >= 0.3 is 0 Å². The van der Waals surface area contributed by atoms with E-state index in [1.807, 2.05) is 52.3 Å². The van der Waals surface area contributed by atoms with Crippen LogP contribution in [0.15, 0.2) is 66.2 Å². The fourth-order valence-corrected chi connectivity index (χ4v) is 4.83. The van der Waals surface area contributed by atoms with Crippen LogP contribution in [-0.2, 0) is 17.8 Å². The summed E-state index contributed by atoms with van der Waals surface area (Å²) in [5.41, 5.74) is 4.75. The van der Waals surface area contributed by atoms with Crippen LogP contribution in [0.4, 0.5) is 11.4 Å². The van der Waals surface area contributed by atoms with Crippen molar-refractivity contribution in [2.75, 3.05) is 16.8 Å². The van der Waals surface area contributed by atoms with Crippen molar-refractivity contribution in [3.05, 3.63) is 87.5 Å². The maximum absolute atomic E-state index is 12.4. The van der Waals surface area contributed by atoms with Crippen LogP contribution >= 0.6 is 22.9 Å². The predicted octanol–water partition coefficient (Wildman–Crippen LogP) is 5.26. The van der Waals surface area contributed by atoms with E-state index >= 15 is 0 Å². The highest BCUT2D eigenvalue weighted by atomic mass is 35.5. The molecular weight excluding hydrogens is 416 g/mol. The number of imidazole rings is 1. The molecule has 0 saturated carbocycles. The van der Waals surface area contributed by atoms with E-state index in [2.05, 4.69) is 38.8 Å². The minimum atomic E-state index is -0.217. The van der Waals surface area contributed by atoms with E-state index in [1.165, 1.54) is 16.5 Å². The molecule has 30 heavy (non-hydrogen) atoms. The van der Waals surface area contributed by atoms with Crippen molar-refractivity contribution in [3.8, 4) is 0 Å². The highest BCUT2D eigenvalue weighted by molar-refractivity contribution is 7.10. The van der Waals surface area contributed by atoms with Crippen LogP contribution in [0.2, 0.25) is 5.15 Å². The quantitative estimate of drug-likeness (QED) is 0.445. The van der Waals surface area contributed by atoms with Gasteiger partial charge in [0.05, 0.1) is 5.69 Å². The normalized spacial score (nSPS) is 13.7. The predicted molar refractivity (Wildman–Crippen MR) is 123 cm³/mol. The topological polar surface area (TPSA) is 49.6 Å². The minimum absolute atomic E-state index is 0.217. The minimum Gasteiger partial charge on any atom is -0.367 e. The molecule has 0 saturated heterocycles. The summed E-state index contributed by atoms with van der Waals surface area (Å²) in [6.07, 6.45) is 6.10. The molecule has 3 aromatic heterocycles. The highest BCUT2D eigenvalue weighted by Gasteiger charge is 2.17. The van der Waals surface area contributed by atoms with Gasteiger partial charge in [-0.05, 0) is 65.9 Å². The summed E-state index contributed by atoms with van der Waals surface area (Å²) >= 11 is 8.05. The standard InChI is InChI=1S/C23H19ClN4OS/c24-23-19(28-12-2-1-3-21(28)26-23)8-9-22(29)25-17-4-6-18(7-5-17)27-13-10-20-16(15-27)11-14-30-20/h1-9,11-12,14H,10,13,15H2,(H,25,29)/b9-8+. The molecule has 1 amide bonds. The number of pyridine rings is 1. The van der Waals surface area contributed by atoms with Gasteiger partial charge in [0.15, 0.2) is 5.15 Å². The van der Waals surface area contributed by atoms with Crippen LogP contribution in [-0.4, -0.2) is 21.8 Å². The number of aromatic nitrogens is 2. The van der Waals surface area contributed by atoms with Crippen molar-refractivity contribution in [2.24, 2.45) is 0 Å². The van der Waals surface area contributed by atoms with Gasteiger partial charge in [-0.15, -0.1) is 11.3 Å². The molecule has 4 aromatic rings. The molecule has 5 rings (SSSR count). The summed E-state index contributed by atoms with van der Waals surface area (Å²) in [4.78, 5) is 20.5. The highest BCUT2D eigenvalue weighted by Crippen LogP contribution is 2.28. The largest absolute Gasteiger partial charge is 0.367 e. The first-order chi connectivity index (χ1) is 14.7. The number of hydrogen-bond donors (Lipinski definition) is 1. The summed E-state index contributed by atoms with van der Waals surface area (Å²) in [6.45, 7) is 1.95. The van der Waals surface area contributed by atoms with Gasteiger partial charge in [0.2, 0.25) is 5.91 Å². The van der Waals surface area contributed by atoms with Crippen molar-refractivity contribution in [1.29, 1.82) is 0 Å². The molecule has 1 aliphatic rings. The second-order valence-electron chi connectivity index (χ2n) is 7.13. The lowest BCUT2D eigenvalue weighted by molar-refractivity contribution is -0.111. The molecule has 0 radical (unpaired) electrons. The van der Waals surface area contributed by atoms with E-state index in [-0.39, 0.29) is 5.91 Å². The number of nitrogens with zero attached hydrogens (tertiary/aromatic N) is 3. The molecule has 0 aliphatic carbocycles. The molecular formula is C23H19ClN4OS. The van der Waals surface area contributed by atoms with Gasteiger partial charge in [0, 0.05) is 41.6 Å². The molecule has 0 fully saturated rings. The first-order valence-electron chi connectivity index (χ1n) is 9.69. The maximum atomic E-state index is 12.4. The molecule has 0 unspecified atom stereocenters. The number of anilines is 2. The molecule has 0 spiro atoms. The lowest BCUT2D eigenvalue weighted by Gasteiger charge is -2.29. The summed E-state index contributed by atoms with van der Waals surface area (Å²) in [5.74, 6) is -0.217. The van der Waals surface area contributed by atoms with Crippen molar-refractivity contribution >= 4 is 51.9 Å². The van der Waals surface area contributed by atoms with Crippen LogP contribution in [0.25, 0.3) is 11.7 Å². The Morgan fingerprint density at radius 1 is 1.17 bits per heavy atom. The van der Waals surface area contributed by atoms with Crippen molar-refractivity contribution in [2.45, 2.75) is 13.0 Å². The Morgan fingerprint density at radius 3 is 2.90 bits per heavy atom. The van der Waals surface area contributed by atoms with E-state index in [0.29, 0.717) is 10.8 Å². The lowest BCUT2D eigenvalue weighted by atomic mass is 10.1. The molecule has 1 N–H and O–H groups in total. The van der Waals surface area contributed by atoms with Crippen molar-refractivity contribution < 1.29 is 4.79 Å². The maximum Gasteiger partial charge on any atom is 0.248 e. The summed E-state index contributed by atoms with van der Waals surface area (Å²) in [7, 11) is 0.